The number of aromatic nitrogens is 2. The summed E-state index contributed by atoms with van der Waals surface area (Å²) in [6.07, 6.45) is 0.700. The first kappa shape index (κ1) is 29.8. The van der Waals surface area contributed by atoms with E-state index in [0.717, 1.165) is 22.4 Å². The van der Waals surface area contributed by atoms with Crippen LogP contribution in [0.4, 0.5) is 5.13 Å². The Morgan fingerprint density at radius 3 is 2.50 bits per heavy atom. The molecule has 1 fully saturated rings. The van der Waals surface area contributed by atoms with Gasteiger partial charge in [0.1, 0.15) is 30.0 Å². The van der Waals surface area contributed by atoms with Crippen LogP contribution >= 0.6 is 23.1 Å². The van der Waals surface area contributed by atoms with E-state index in [4.69, 9.17) is 9.47 Å². The number of carbonyl (C=O) groups is 2. The lowest BCUT2D eigenvalue weighted by Gasteiger charge is -2.23. The van der Waals surface area contributed by atoms with Crippen LogP contribution in [0.2, 0.25) is 0 Å². The minimum atomic E-state index is -0.955. The Morgan fingerprint density at radius 2 is 1.72 bits per heavy atom. The van der Waals surface area contributed by atoms with Crippen molar-refractivity contribution in [3.8, 4) is 11.5 Å². The van der Waals surface area contributed by atoms with E-state index in [0.29, 0.717) is 40.0 Å². The number of aliphatic hydroxyl groups is 1. The number of aliphatic hydroxyl groups excluding tert-OH is 1. The van der Waals surface area contributed by atoms with Crippen LogP contribution < -0.4 is 14.4 Å². The molecular weight excluding hydrogens is 619 g/mol. The van der Waals surface area contributed by atoms with Crippen LogP contribution in [0.5, 0.6) is 11.5 Å². The number of nitrogens with zero attached hydrogens (tertiary/aromatic N) is 3. The van der Waals surface area contributed by atoms with Gasteiger partial charge in [-0.05, 0) is 59.5 Å². The van der Waals surface area contributed by atoms with E-state index in [9.17, 15) is 14.7 Å². The molecule has 0 unspecified atom stereocenters. The zero-order valence-electron chi connectivity index (χ0n) is 24.8. The molecule has 10 heteroatoms. The van der Waals surface area contributed by atoms with Crippen LogP contribution in [0.25, 0.3) is 5.76 Å². The van der Waals surface area contributed by atoms with Gasteiger partial charge in [-0.2, -0.15) is 0 Å². The van der Waals surface area contributed by atoms with Crippen molar-refractivity contribution < 1.29 is 24.2 Å². The smallest absolute Gasteiger partial charge is 0.301 e. The second-order valence-corrected chi connectivity index (χ2v) is 13.3. The number of thioether (sulfide) groups is 1. The van der Waals surface area contributed by atoms with E-state index >= 15 is 0 Å². The summed E-state index contributed by atoms with van der Waals surface area (Å²) in [5, 5.41) is 20.6. The van der Waals surface area contributed by atoms with Gasteiger partial charge in [-0.15, -0.1) is 10.2 Å². The zero-order chi connectivity index (χ0) is 31.6. The Kier molecular flexibility index (Phi) is 8.30. The first-order valence-corrected chi connectivity index (χ1v) is 16.6. The number of ether oxygens (including phenoxy) is 2. The van der Waals surface area contributed by atoms with Gasteiger partial charge in [0.25, 0.3) is 5.78 Å². The fourth-order valence-corrected chi connectivity index (χ4v) is 7.49. The predicted octanol–water partition coefficient (Wildman–Crippen LogP) is 7.36. The molecule has 1 saturated heterocycles. The standard InChI is InChI=1S/C36H29N3O5S2/c1-22-17-27-18-26(15-16-29(27)44-22)32(40)30-31(25-13-8-14-28(19-25)43-20-23-9-4-2-5-10-23)39(34(42)33(30)41)35-37-38-36(46-35)45-21-24-11-6-3-7-12-24/h2-16,18-19,22,31,40H,17,20-21H2,1H3/b32-30+/t22-,31+/m1/s1. The summed E-state index contributed by atoms with van der Waals surface area (Å²) < 4.78 is 12.6. The summed E-state index contributed by atoms with van der Waals surface area (Å²) in [5.74, 6) is 0.157. The van der Waals surface area contributed by atoms with Gasteiger partial charge in [0.2, 0.25) is 5.13 Å². The van der Waals surface area contributed by atoms with E-state index in [1.807, 2.05) is 91.9 Å². The largest absolute Gasteiger partial charge is 0.507 e. The number of anilines is 1. The first-order valence-electron chi connectivity index (χ1n) is 14.8. The van der Waals surface area contributed by atoms with Gasteiger partial charge in [0.15, 0.2) is 4.34 Å². The third-order valence-electron chi connectivity index (χ3n) is 7.84. The van der Waals surface area contributed by atoms with Crippen LogP contribution in [0.1, 0.15) is 40.8 Å². The van der Waals surface area contributed by atoms with Crippen LogP contribution in [0.3, 0.4) is 0 Å². The monoisotopic (exact) mass is 647 g/mol. The average Bonchev–Trinajstić information content (AvgIpc) is 3.78. The lowest BCUT2D eigenvalue weighted by molar-refractivity contribution is -0.132. The molecule has 2 aliphatic heterocycles. The van der Waals surface area contributed by atoms with Gasteiger partial charge in [0, 0.05) is 17.7 Å². The highest BCUT2D eigenvalue weighted by molar-refractivity contribution is 8.00. The minimum Gasteiger partial charge on any atom is -0.507 e. The molecule has 0 bridgehead atoms. The molecule has 1 amide bonds. The second-order valence-electron chi connectivity index (χ2n) is 11.1. The van der Waals surface area contributed by atoms with Crippen molar-refractivity contribution in [2.45, 2.75) is 42.2 Å². The summed E-state index contributed by atoms with van der Waals surface area (Å²) in [7, 11) is 0. The Balaban J connectivity index is 1.26. The van der Waals surface area contributed by atoms with E-state index in [-0.39, 0.29) is 22.6 Å². The molecule has 3 heterocycles. The highest BCUT2D eigenvalue weighted by Crippen LogP contribution is 2.45. The van der Waals surface area contributed by atoms with Crippen molar-refractivity contribution in [3.63, 3.8) is 0 Å². The quantitative estimate of drug-likeness (QED) is 0.0582. The predicted molar refractivity (Wildman–Crippen MR) is 178 cm³/mol. The lowest BCUT2D eigenvalue weighted by Crippen LogP contribution is -2.29. The Hall–Kier alpha value is -4.93. The number of rotatable bonds is 9. The van der Waals surface area contributed by atoms with Gasteiger partial charge in [-0.1, -0.05) is 95.9 Å². The summed E-state index contributed by atoms with van der Waals surface area (Å²) in [6.45, 7) is 2.32. The molecule has 0 spiro atoms. The minimum absolute atomic E-state index is 0.0166. The summed E-state index contributed by atoms with van der Waals surface area (Å²) in [6, 6.07) is 31.4. The number of benzene rings is 4. The van der Waals surface area contributed by atoms with Crippen molar-refractivity contribution in [2.75, 3.05) is 4.90 Å². The normalized spacial score (nSPS) is 18.4. The molecule has 5 aromatic rings. The highest BCUT2D eigenvalue weighted by atomic mass is 32.2. The van der Waals surface area contributed by atoms with Gasteiger partial charge < -0.3 is 14.6 Å². The topological polar surface area (TPSA) is 102 Å². The lowest BCUT2D eigenvalue weighted by atomic mass is 9.94. The maximum Gasteiger partial charge on any atom is 0.301 e. The number of ketones is 1. The Bertz CT molecular complexity index is 1940. The molecule has 2 aliphatic rings. The van der Waals surface area contributed by atoms with Crippen molar-refractivity contribution in [2.24, 2.45) is 0 Å². The molecule has 2 atom stereocenters. The highest BCUT2D eigenvalue weighted by Gasteiger charge is 2.48. The van der Waals surface area contributed by atoms with Crippen molar-refractivity contribution >= 4 is 45.7 Å². The van der Waals surface area contributed by atoms with Gasteiger partial charge in [0.05, 0.1) is 11.6 Å². The third kappa shape index (κ3) is 6.01. The van der Waals surface area contributed by atoms with E-state index in [2.05, 4.69) is 10.2 Å². The fraction of sp³-hybridized carbons (Fsp3) is 0.167. The molecule has 8 nitrogen and oxygen atoms in total. The molecule has 230 valence electrons. The number of amides is 1. The second kappa shape index (κ2) is 12.8. The molecule has 0 saturated carbocycles. The molecule has 1 N–H and O–H groups in total. The van der Waals surface area contributed by atoms with Gasteiger partial charge in [-0.25, -0.2) is 0 Å². The SMILES string of the molecule is C[C@@H]1Cc2cc(/C(O)=C3\C(=O)C(=O)N(c4nnc(SCc5ccccc5)s4)[C@H]3c3cccc(OCc4ccccc4)c3)ccc2O1. The molecular formula is C36H29N3O5S2. The molecule has 7 rings (SSSR count). The molecule has 0 aliphatic carbocycles. The maximum absolute atomic E-state index is 13.8. The number of hydrogen-bond donors (Lipinski definition) is 1. The van der Waals surface area contributed by atoms with E-state index < -0.39 is 17.7 Å². The van der Waals surface area contributed by atoms with E-state index in [1.54, 1.807) is 18.2 Å². The number of Topliss-reactive ketones (excluding diaryl/α,β-unsaturated/α-hetero) is 1. The van der Waals surface area contributed by atoms with Crippen molar-refractivity contribution in [3.05, 3.63) is 137 Å². The van der Waals surface area contributed by atoms with E-state index in [1.165, 1.54) is 28.0 Å². The zero-order valence-corrected chi connectivity index (χ0v) is 26.5. The Morgan fingerprint density at radius 1 is 0.957 bits per heavy atom. The molecule has 1 aromatic heterocycles. The van der Waals surface area contributed by atoms with Crippen LogP contribution in [0, 0.1) is 0 Å². The first-order chi connectivity index (χ1) is 22.4. The summed E-state index contributed by atoms with van der Waals surface area (Å²) >= 11 is 2.74. The average molecular weight is 648 g/mol. The van der Waals surface area contributed by atoms with Crippen molar-refractivity contribution in [1.82, 2.24) is 10.2 Å². The van der Waals surface area contributed by atoms with Crippen LogP contribution in [-0.4, -0.2) is 33.1 Å². The molecule has 4 aromatic carbocycles. The maximum atomic E-state index is 13.8. The summed E-state index contributed by atoms with van der Waals surface area (Å²) in [4.78, 5) is 28.9. The van der Waals surface area contributed by atoms with Crippen molar-refractivity contribution in [1.29, 1.82) is 0 Å². The summed E-state index contributed by atoms with van der Waals surface area (Å²) in [5.41, 5.74) is 4.08. The number of carbonyl (C=O) groups excluding carboxylic acids is 2. The van der Waals surface area contributed by atoms with Gasteiger partial charge >= 0.3 is 5.91 Å². The number of hydrogen-bond acceptors (Lipinski definition) is 9. The number of fused-ring (bicyclic) bond motifs is 1. The molecule has 46 heavy (non-hydrogen) atoms. The fourth-order valence-electron chi connectivity index (χ4n) is 5.66. The third-order valence-corrected chi connectivity index (χ3v) is 9.97. The van der Waals surface area contributed by atoms with Crippen LogP contribution in [0.15, 0.2) is 113 Å². The van der Waals surface area contributed by atoms with Gasteiger partial charge in [-0.3, -0.25) is 14.5 Å². The Labute approximate surface area is 274 Å². The molecule has 0 radical (unpaired) electrons. The van der Waals surface area contributed by atoms with Crippen LogP contribution in [-0.2, 0) is 28.4 Å².